The molecule has 114 valence electrons. The van der Waals surface area contributed by atoms with Gasteiger partial charge in [-0.1, -0.05) is 29.8 Å². The number of hydrogen-bond donors (Lipinski definition) is 1. The van der Waals surface area contributed by atoms with Crippen LogP contribution in [0.3, 0.4) is 0 Å². The molecule has 0 fully saturated rings. The maximum atomic E-state index is 12.1. The number of aryl methyl sites for hydroxylation is 2. The van der Waals surface area contributed by atoms with E-state index in [0.717, 1.165) is 16.8 Å². The second-order valence-electron chi connectivity index (χ2n) is 5.19. The first-order chi connectivity index (χ1) is 10.5. The summed E-state index contributed by atoms with van der Waals surface area (Å²) in [4.78, 5) is 12.1. The van der Waals surface area contributed by atoms with E-state index in [-0.39, 0.29) is 5.91 Å². The first-order valence-corrected chi connectivity index (χ1v) is 7.07. The summed E-state index contributed by atoms with van der Waals surface area (Å²) in [5, 5.41) is 4.19. The third kappa shape index (κ3) is 3.73. The second kappa shape index (κ2) is 6.89. The van der Waals surface area contributed by atoms with Crippen molar-refractivity contribution in [1.82, 2.24) is 5.43 Å². The van der Waals surface area contributed by atoms with Crippen LogP contribution in [0.5, 0.6) is 5.75 Å². The van der Waals surface area contributed by atoms with Gasteiger partial charge in [-0.2, -0.15) is 5.10 Å². The predicted octanol–water partition coefficient (Wildman–Crippen LogP) is 3.47. The summed E-state index contributed by atoms with van der Waals surface area (Å²) in [6.45, 7) is 5.96. The lowest BCUT2D eigenvalue weighted by Crippen LogP contribution is -2.19. The van der Waals surface area contributed by atoms with Gasteiger partial charge in [-0.15, -0.1) is 0 Å². The Morgan fingerprint density at radius 1 is 1.14 bits per heavy atom. The molecule has 2 aromatic carbocycles. The number of benzene rings is 2. The normalized spacial score (nSPS) is 11.2. The summed E-state index contributed by atoms with van der Waals surface area (Å²) in [5.74, 6) is 0.380. The van der Waals surface area contributed by atoms with Crippen LogP contribution in [0.25, 0.3) is 0 Å². The Balaban J connectivity index is 2.14. The number of carbonyl (C=O) groups excluding carboxylic acids is 1. The van der Waals surface area contributed by atoms with Crippen LogP contribution in [0, 0.1) is 13.8 Å². The summed E-state index contributed by atoms with van der Waals surface area (Å²) < 4.78 is 5.11. The zero-order valence-corrected chi connectivity index (χ0v) is 13.3. The molecule has 0 aliphatic carbocycles. The van der Waals surface area contributed by atoms with E-state index in [1.165, 1.54) is 5.56 Å². The van der Waals surface area contributed by atoms with Crippen molar-refractivity contribution in [3.05, 3.63) is 64.7 Å². The molecule has 0 unspecified atom stereocenters. The van der Waals surface area contributed by atoms with Crippen molar-refractivity contribution in [1.29, 1.82) is 0 Å². The molecule has 1 N–H and O–H groups in total. The van der Waals surface area contributed by atoms with E-state index in [0.29, 0.717) is 11.3 Å². The molecule has 0 atom stereocenters. The van der Waals surface area contributed by atoms with E-state index in [1.807, 2.05) is 32.9 Å². The molecule has 0 aromatic heterocycles. The maximum absolute atomic E-state index is 12.1. The molecule has 2 rings (SSSR count). The molecule has 0 radical (unpaired) electrons. The third-order valence-corrected chi connectivity index (χ3v) is 3.43. The van der Waals surface area contributed by atoms with Gasteiger partial charge in [-0.3, -0.25) is 4.79 Å². The molecule has 0 heterocycles. The van der Waals surface area contributed by atoms with Crippen molar-refractivity contribution < 1.29 is 9.53 Å². The van der Waals surface area contributed by atoms with Gasteiger partial charge in [0.2, 0.25) is 0 Å². The lowest BCUT2D eigenvalue weighted by atomic mass is 10.0. The van der Waals surface area contributed by atoms with E-state index in [1.54, 1.807) is 31.4 Å². The zero-order chi connectivity index (χ0) is 16.1. The lowest BCUT2D eigenvalue weighted by Gasteiger charge is -2.07. The van der Waals surface area contributed by atoms with Crippen LogP contribution >= 0.6 is 0 Å². The van der Waals surface area contributed by atoms with Gasteiger partial charge in [-0.05, 0) is 44.5 Å². The fraction of sp³-hybridized carbons (Fsp3) is 0.222. The van der Waals surface area contributed by atoms with Crippen molar-refractivity contribution in [3.63, 3.8) is 0 Å². The van der Waals surface area contributed by atoms with E-state index >= 15 is 0 Å². The van der Waals surface area contributed by atoms with Gasteiger partial charge in [0.1, 0.15) is 5.75 Å². The second-order valence-corrected chi connectivity index (χ2v) is 5.19. The molecule has 2 aromatic rings. The predicted molar refractivity (Wildman–Crippen MR) is 88.6 cm³/mol. The summed E-state index contributed by atoms with van der Waals surface area (Å²) in [6, 6.07) is 13.1. The first-order valence-electron chi connectivity index (χ1n) is 7.07. The van der Waals surface area contributed by atoms with Crippen LogP contribution in [0.2, 0.25) is 0 Å². The van der Waals surface area contributed by atoms with Crippen molar-refractivity contribution in [2.24, 2.45) is 5.10 Å². The molecule has 0 aliphatic rings. The van der Waals surface area contributed by atoms with Crippen LogP contribution in [-0.4, -0.2) is 18.7 Å². The monoisotopic (exact) mass is 296 g/mol. The van der Waals surface area contributed by atoms with Crippen LogP contribution in [0.15, 0.2) is 47.6 Å². The van der Waals surface area contributed by atoms with Gasteiger partial charge in [-0.25, -0.2) is 5.43 Å². The third-order valence-electron chi connectivity index (χ3n) is 3.43. The molecular formula is C18H20N2O2. The number of methoxy groups -OCH3 is 1. The minimum absolute atomic E-state index is 0.261. The van der Waals surface area contributed by atoms with E-state index in [2.05, 4.69) is 16.6 Å². The summed E-state index contributed by atoms with van der Waals surface area (Å²) in [6.07, 6.45) is 0. The molecule has 0 spiro atoms. The van der Waals surface area contributed by atoms with Crippen LogP contribution in [0.4, 0.5) is 0 Å². The van der Waals surface area contributed by atoms with E-state index < -0.39 is 0 Å². The highest BCUT2D eigenvalue weighted by molar-refractivity contribution is 6.01. The molecular weight excluding hydrogens is 276 g/mol. The number of amides is 1. The summed E-state index contributed by atoms with van der Waals surface area (Å²) in [7, 11) is 1.57. The Bertz CT molecular complexity index is 721. The van der Waals surface area contributed by atoms with Crippen molar-refractivity contribution >= 4 is 11.6 Å². The maximum Gasteiger partial charge on any atom is 0.271 e. The van der Waals surface area contributed by atoms with Gasteiger partial charge in [0.05, 0.1) is 12.8 Å². The minimum atomic E-state index is -0.261. The minimum Gasteiger partial charge on any atom is -0.497 e. The molecule has 0 bridgehead atoms. The van der Waals surface area contributed by atoms with Gasteiger partial charge in [0.25, 0.3) is 5.91 Å². The zero-order valence-electron chi connectivity index (χ0n) is 13.3. The smallest absolute Gasteiger partial charge is 0.271 e. The molecule has 0 saturated heterocycles. The summed E-state index contributed by atoms with van der Waals surface area (Å²) in [5.41, 5.74) is 7.23. The SMILES string of the molecule is COc1cccc(C(=O)NN=C(C)c2ccc(C)cc2C)c1. The van der Waals surface area contributed by atoms with Gasteiger partial charge in [0.15, 0.2) is 0 Å². The molecule has 0 saturated carbocycles. The molecule has 1 amide bonds. The number of hydrogen-bond acceptors (Lipinski definition) is 3. The fourth-order valence-corrected chi connectivity index (χ4v) is 2.24. The molecule has 0 aliphatic heterocycles. The topological polar surface area (TPSA) is 50.7 Å². The quantitative estimate of drug-likeness (QED) is 0.694. The Morgan fingerprint density at radius 2 is 1.91 bits per heavy atom. The number of hydrazone groups is 1. The standard InChI is InChI=1S/C18H20N2O2/c1-12-8-9-17(13(2)10-12)14(3)19-20-18(21)15-6-5-7-16(11-15)22-4/h5-11H,1-4H3,(H,20,21). The highest BCUT2D eigenvalue weighted by Crippen LogP contribution is 2.13. The van der Waals surface area contributed by atoms with Crippen molar-refractivity contribution in [2.45, 2.75) is 20.8 Å². The van der Waals surface area contributed by atoms with Crippen molar-refractivity contribution in [2.75, 3.05) is 7.11 Å². The largest absolute Gasteiger partial charge is 0.497 e. The number of carbonyl (C=O) groups is 1. The van der Waals surface area contributed by atoms with Crippen molar-refractivity contribution in [3.8, 4) is 5.75 Å². The molecule has 4 nitrogen and oxygen atoms in total. The van der Waals surface area contributed by atoms with Gasteiger partial charge >= 0.3 is 0 Å². The Hall–Kier alpha value is -2.62. The number of ether oxygens (including phenoxy) is 1. The Morgan fingerprint density at radius 3 is 2.59 bits per heavy atom. The van der Waals surface area contributed by atoms with E-state index in [4.69, 9.17) is 4.74 Å². The first kappa shape index (κ1) is 15.8. The average molecular weight is 296 g/mol. The fourth-order valence-electron chi connectivity index (χ4n) is 2.24. The van der Waals surface area contributed by atoms with Crippen LogP contribution in [-0.2, 0) is 0 Å². The molecule has 4 heteroatoms. The Kier molecular flexibility index (Phi) is 4.94. The number of nitrogens with one attached hydrogen (secondary N) is 1. The number of rotatable bonds is 4. The Labute approximate surface area is 130 Å². The van der Waals surface area contributed by atoms with Gasteiger partial charge < -0.3 is 4.74 Å². The van der Waals surface area contributed by atoms with Gasteiger partial charge in [0, 0.05) is 11.1 Å². The highest BCUT2D eigenvalue weighted by atomic mass is 16.5. The van der Waals surface area contributed by atoms with E-state index in [9.17, 15) is 4.79 Å². The summed E-state index contributed by atoms with van der Waals surface area (Å²) >= 11 is 0. The van der Waals surface area contributed by atoms with Crippen LogP contribution < -0.4 is 10.2 Å². The number of nitrogens with zero attached hydrogens (tertiary/aromatic N) is 1. The molecule has 22 heavy (non-hydrogen) atoms. The lowest BCUT2D eigenvalue weighted by molar-refractivity contribution is 0.0954. The highest BCUT2D eigenvalue weighted by Gasteiger charge is 2.07. The van der Waals surface area contributed by atoms with Crippen LogP contribution in [0.1, 0.15) is 34.0 Å². The average Bonchev–Trinajstić information content (AvgIpc) is 2.52.